The summed E-state index contributed by atoms with van der Waals surface area (Å²) >= 11 is 0. The first-order chi connectivity index (χ1) is 20.2. The van der Waals surface area contributed by atoms with Crippen LogP contribution in [0.1, 0.15) is 94.9 Å². The number of hydrogen-bond acceptors (Lipinski definition) is 4. The fourth-order valence-electron chi connectivity index (χ4n) is 6.51. The van der Waals surface area contributed by atoms with Crippen molar-refractivity contribution in [2.45, 2.75) is 118 Å². The maximum Gasteiger partial charge on any atom is 0.0931 e. The average molecular weight is 601 g/mol. The van der Waals surface area contributed by atoms with E-state index in [9.17, 15) is 20.4 Å². The number of aliphatic hydroxyl groups excluding tert-OH is 2. The van der Waals surface area contributed by atoms with Gasteiger partial charge in [-0.05, 0) is 88.5 Å². The van der Waals surface area contributed by atoms with Gasteiger partial charge in [-0.3, -0.25) is 0 Å². The molecule has 2 rings (SSSR count). The average Bonchev–Trinajstić information content (AvgIpc) is 2.83. The van der Waals surface area contributed by atoms with E-state index in [1.54, 1.807) is 13.8 Å². The highest BCUT2D eigenvalue weighted by Crippen LogP contribution is 2.46. The van der Waals surface area contributed by atoms with Crippen LogP contribution in [0, 0.1) is 10.8 Å². The summed E-state index contributed by atoms with van der Waals surface area (Å²) in [6.45, 7) is 19.8. The second-order valence-electron chi connectivity index (χ2n) is 14.5. The first-order valence-electron chi connectivity index (χ1n) is 15.7. The van der Waals surface area contributed by atoms with Crippen LogP contribution in [0.3, 0.4) is 0 Å². The molecule has 0 aromatic rings. The van der Waals surface area contributed by atoms with Crippen molar-refractivity contribution < 1.29 is 20.4 Å². The Morgan fingerprint density at radius 2 is 0.864 bits per heavy atom. The van der Waals surface area contributed by atoms with Gasteiger partial charge in [0.05, 0.1) is 23.4 Å². The van der Waals surface area contributed by atoms with E-state index in [0.29, 0.717) is 25.7 Å². The summed E-state index contributed by atoms with van der Waals surface area (Å²) < 4.78 is 0. The van der Waals surface area contributed by atoms with Crippen LogP contribution >= 0.6 is 0 Å². The van der Waals surface area contributed by atoms with E-state index in [2.05, 4.69) is 49.6 Å². The van der Waals surface area contributed by atoms with Gasteiger partial charge in [-0.1, -0.05) is 99.6 Å². The van der Waals surface area contributed by atoms with E-state index in [1.807, 2.05) is 90.2 Å². The molecule has 2 aliphatic rings. The normalized spacial score (nSPS) is 30.2. The first-order valence-corrected chi connectivity index (χ1v) is 15.7. The molecule has 0 unspecified atom stereocenters. The van der Waals surface area contributed by atoms with Crippen LogP contribution in [-0.2, 0) is 0 Å². The lowest BCUT2D eigenvalue weighted by Crippen LogP contribution is -2.45. The predicted octanol–water partition coefficient (Wildman–Crippen LogP) is 8.47. The molecule has 0 aliphatic heterocycles. The topological polar surface area (TPSA) is 80.9 Å². The Morgan fingerprint density at radius 1 is 0.545 bits per heavy atom. The van der Waals surface area contributed by atoms with Crippen LogP contribution in [0.5, 0.6) is 0 Å². The smallest absolute Gasteiger partial charge is 0.0931 e. The van der Waals surface area contributed by atoms with Gasteiger partial charge in [0.2, 0.25) is 0 Å². The minimum atomic E-state index is -1.06. The van der Waals surface area contributed by atoms with Crippen molar-refractivity contribution in [2.24, 2.45) is 10.8 Å². The van der Waals surface area contributed by atoms with Gasteiger partial charge >= 0.3 is 0 Å². The lowest BCUT2D eigenvalue weighted by Gasteiger charge is -2.43. The van der Waals surface area contributed by atoms with Crippen LogP contribution in [0.4, 0.5) is 0 Å². The summed E-state index contributed by atoms with van der Waals surface area (Å²) in [5.74, 6) is 0. The monoisotopic (exact) mass is 600 g/mol. The van der Waals surface area contributed by atoms with Crippen LogP contribution < -0.4 is 0 Å². The van der Waals surface area contributed by atoms with Crippen molar-refractivity contribution in [1.82, 2.24) is 0 Å². The van der Waals surface area contributed by atoms with Crippen molar-refractivity contribution in [3.05, 3.63) is 118 Å². The lowest BCUT2D eigenvalue weighted by atomic mass is 9.65. The van der Waals surface area contributed by atoms with Crippen molar-refractivity contribution in [3.63, 3.8) is 0 Å². The molecule has 0 spiro atoms. The Kier molecular flexibility index (Phi) is 13.0. The molecule has 2 saturated carbocycles. The third-order valence-electron chi connectivity index (χ3n) is 8.34. The highest BCUT2D eigenvalue weighted by Gasteiger charge is 2.45. The zero-order valence-electron chi connectivity index (χ0n) is 28.7. The molecule has 44 heavy (non-hydrogen) atoms. The summed E-state index contributed by atoms with van der Waals surface area (Å²) in [6, 6.07) is 0. The third-order valence-corrected chi connectivity index (χ3v) is 8.34. The number of allylic oxidation sites excluding steroid dienone is 14. The molecule has 240 valence electrons. The number of hydrogen-bond donors (Lipinski definition) is 4. The molecule has 0 saturated heterocycles. The molecule has 0 bridgehead atoms. The number of rotatable bonds is 8. The van der Waals surface area contributed by atoms with Crippen LogP contribution in [0.2, 0.25) is 0 Å². The Labute approximate surface area is 267 Å². The third kappa shape index (κ3) is 11.5. The SMILES string of the molecule is C\C(C=C=C1C(C)(C)C[C@@H](O)C[C@]1(C)O)=C/C=C/C(C)=C/C=C/C=C(C)/C=C/C=C(\C)C=C=C1C(C)(C)C[C@@H](O)C[C@@]1(C)O. The van der Waals surface area contributed by atoms with E-state index in [4.69, 9.17) is 0 Å². The highest BCUT2D eigenvalue weighted by molar-refractivity contribution is 5.34. The largest absolute Gasteiger partial charge is 0.393 e. The van der Waals surface area contributed by atoms with Crippen molar-refractivity contribution in [3.8, 4) is 0 Å². The minimum Gasteiger partial charge on any atom is -0.393 e. The number of aliphatic hydroxyl groups is 4. The van der Waals surface area contributed by atoms with Gasteiger partial charge in [-0.25, -0.2) is 0 Å². The van der Waals surface area contributed by atoms with Crippen molar-refractivity contribution in [1.29, 1.82) is 0 Å². The minimum absolute atomic E-state index is 0.310. The molecule has 0 aromatic carbocycles. The van der Waals surface area contributed by atoms with Gasteiger partial charge in [-0.15, -0.1) is 11.5 Å². The van der Waals surface area contributed by atoms with Gasteiger partial charge in [0, 0.05) is 24.0 Å². The molecule has 2 fully saturated rings. The van der Waals surface area contributed by atoms with Crippen molar-refractivity contribution >= 4 is 0 Å². The summed E-state index contributed by atoms with van der Waals surface area (Å²) in [4.78, 5) is 0. The lowest BCUT2D eigenvalue weighted by molar-refractivity contribution is -0.0277. The van der Waals surface area contributed by atoms with Gasteiger partial charge < -0.3 is 20.4 Å². The quantitative estimate of drug-likeness (QED) is 0.166. The zero-order chi connectivity index (χ0) is 33.3. The Bertz CT molecular complexity index is 1240. The van der Waals surface area contributed by atoms with E-state index in [-0.39, 0.29) is 10.8 Å². The van der Waals surface area contributed by atoms with E-state index >= 15 is 0 Å². The molecule has 4 nitrogen and oxygen atoms in total. The Morgan fingerprint density at radius 3 is 1.18 bits per heavy atom. The van der Waals surface area contributed by atoms with Crippen LogP contribution in [0.15, 0.2) is 118 Å². The Hall–Kier alpha value is -2.94. The summed E-state index contributed by atoms with van der Waals surface area (Å²) in [5, 5.41) is 41.9. The van der Waals surface area contributed by atoms with E-state index < -0.39 is 23.4 Å². The summed E-state index contributed by atoms with van der Waals surface area (Å²) in [7, 11) is 0. The summed E-state index contributed by atoms with van der Waals surface area (Å²) in [5.41, 5.74) is 9.88. The molecule has 0 radical (unpaired) electrons. The van der Waals surface area contributed by atoms with Crippen LogP contribution in [-0.4, -0.2) is 43.8 Å². The highest BCUT2D eigenvalue weighted by atomic mass is 16.3. The van der Waals surface area contributed by atoms with Gasteiger partial charge in [0.25, 0.3) is 0 Å². The van der Waals surface area contributed by atoms with Gasteiger partial charge in [0.15, 0.2) is 0 Å². The van der Waals surface area contributed by atoms with E-state index in [1.165, 1.54) is 0 Å². The summed E-state index contributed by atoms with van der Waals surface area (Å²) in [6.07, 6.45) is 25.0. The molecule has 0 aromatic heterocycles. The Balaban J connectivity index is 2.00. The zero-order valence-corrected chi connectivity index (χ0v) is 28.7. The standard InChI is InChI=1S/C40H56O4/c1-29(17-13-19-31(3)21-23-35-37(5,6)25-33(41)27-39(35,9)43)15-11-12-16-30(2)18-14-20-32(4)22-24-36-38(7,8)26-34(42)28-40(36,10)44/h11-22,33-34,41-44H,25-28H2,1-10H3/b12-11+,17-13+,18-14+,29-15+,30-16+,31-19+,32-20+/t23?,24?,33-,34-,39-,40+/m1/s1. The van der Waals surface area contributed by atoms with Gasteiger partial charge in [0.1, 0.15) is 0 Å². The van der Waals surface area contributed by atoms with Crippen LogP contribution in [0.25, 0.3) is 0 Å². The van der Waals surface area contributed by atoms with E-state index in [0.717, 1.165) is 33.4 Å². The first kappa shape index (κ1) is 37.2. The second kappa shape index (κ2) is 15.4. The molecule has 2 aliphatic carbocycles. The maximum absolute atomic E-state index is 10.8. The molecule has 0 amide bonds. The predicted molar refractivity (Wildman–Crippen MR) is 185 cm³/mol. The molecule has 4 heteroatoms. The fraction of sp³-hybridized carbons (Fsp3) is 0.500. The fourth-order valence-corrected chi connectivity index (χ4v) is 6.51. The van der Waals surface area contributed by atoms with Crippen molar-refractivity contribution in [2.75, 3.05) is 0 Å². The van der Waals surface area contributed by atoms with Gasteiger partial charge in [-0.2, -0.15) is 0 Å². The maximum atomic E-state index is 10.8. The second-order valence-corrected chi connectivity index (χ2v) is 14.5. The molecular formula is C40H56O4. The molecule has 4 atom stereocenters. The molecular weight excluding hydrogens is 544 g/mol. The molecule has 4 N–H and O–H groups in total. The molecule has 0 heterocycles.